The van der Waals surface area contributed by atoms with E-state index >= 15 is 0 Å². The molecule has 1 aromatic rings. The van der Waals surface area contributed by atoms with Gasteiger partial charge < -0.3 is 24.4 Å². The van der Waals surface area contributed by atoms with Crippen molar-refractivity contribution >= 4 is 0 Å². The Hall–Kier alpha value is -0.980. The Bertz CT molecular complexity index is 1010. The summed E-state index contributed by atoms with van der Waals surface area (Å²) >= 11 is 0. The predicted molar refractivity (Wildman–Crippen MR) is 123 cm³/mol. The summed E-state index contributed by atoms with van der Waals surface area (Å²) < 4.78 is 18.4. The Morgan fingerprint density at radius 1 is 1.12 bits per heavy atom. The Kier molecular flexibility index (Phi) is 4.14. The van der Waals surface area contributed by atoms with Crippen LogP contribution in [0.2, 0.25) is 0 Å². The predicted octanol–water partition coefficient (Wildman–Crippen LogP) is 4.18. The highest BCUT2D eigenvalue weighted by Gasteiger charge is 2.76. The first-order valence-corrected chi connectivity index (χ1v) is 13.2. The zero-order chi connectivity index (χ0) is 23.0. The van der Waals surface area contributed by atoms with Gasteiger partial charge in [-0.05, 0) is 80.9 Å². The SMILES string of the molecule is C[C@@H](c1ccc2c(c1)CC[C@H]1[C@H]2C[C@@H]2O[C@@]23CCC[C@H](O)[C@]13C)[C@H]1C[C@]2(C)O[C@]2(C)[C@H](O)O1. The molecule has 3 aliphatic carbocycles. The highest BCUT2D eigenvalue weighted by atomic mass is 16.7. The van der Waals surface area contributed by atoms with E-state index < -0.39 is 11.9 Å². The number of benzene rings is 1. The van der Waals surface area contributed by atoms with E-state index in [0.717, 1.165) is 44.9 Å². The van der Waals surface area contributed by atoms with Crippen LogP contribution in [0.25, 0.3) is 0 Å². The fourth-order valence-corrected chi connectivity index (χ4v) is 8.81. The summed E-state index contributed by atoms with van der Waals surface area (Å²) in [6.45, 7) is 8.58. The molecule has 1 aromatic carbocycles. The maximum Gasteiger partial charge on any atom is 0.186 e. The summed E-state index contributed by atoms with van der Waals surface area (Å²) in [5.74, 6) is 1.16. The number of hydrogen-bond acceptors (Lipinski definition) is 5. The highest BCUT2D eigenvalue weighted by molar-refractivity contribution is 5.42. The van der Waals surface area contributed by atoms with E-state index in [-0.39, 0.29) is 34.7 Å². The van der Waals surface area contributed by atoms with Gasteiger partial charge in [0.2, 0.25) is 0 Å². The van der Waals surface area contributed by atoms with E-state index in [1.807, 2.05) is 6.92 Å². The molecule has 3 saturated heterocycles. The lowest BCUT2D eigenvalue weighted by Gasteiger charge is -2.55. The number of epoxide rings is 2. The van der Waals surface area contributed by atoms with Crippen molar-refractivity contribution < 1.29 is 24.4 Å². The molecule has 1 spiro atoms. The fourth-order valence-electron chi connectivity index (χ4n) is 8.81. The van der Waals surface area contributed by atoms with E-state index in [1.54, 1.807) is 0 Å². The molecule has 7 rings (SSSR count). The van der Waals surface area contributed by atoms with Crippen molar-refractivity contribution in [3.63, 3.8) is 0 Å². The second kappa shape index (κ2) is 6.41. The summed E-state index contributed by atoms with van der Waals surface area (Å²) in [7, 11) is 0. The van der Waals surface area contributed by atoms with Crippen LogP contribution < -0.4 is 0 Å². The third-order valence-electron chi connectivity index (χ3n) is 11.4. The minimum atomic E-state index is -0.870. The zero-order valence-corrected chi connectivity index (χ0v) is 20.3. The smallest absolute Gasteiger partial charge is 0.186 e. The second-order valence-corrected chi connectivity index (χ2v) is 12.6. The maximum absolute atomic E-state index is 11.2. The Morgan fingerprint density at radius 2 is 1.94 bits per heavy atom. The highest BCUT2D eigenvalue weighted by Crippen LogP contribution is 2.71. The molecule has 33 heavy (non-hydrogen) atoms. The van der Waals surface area contributed by atoms with Crippen LogP contribution in [-0.4, -0.2) is 51.6 Å². The van der Waals surface area contributed by atoms with Crippen molar-refractivity contribution in [3.8, 4) is 0 Å². The van der Waals surface area contributed by atoms with E-state index in [0.29, 0.717) is 17.9 Å². The summed E-state index contributed by atoms with van der Waals surface area (Å²) in [5.41, 5.74) is 3.18. The topological polar surface area (TPSA) is 74.8 Å². The monoisotopic (exact) mass is 454 g/mol. The van der Waals surface area contributed by atoms with Gasteiger partial charge in [0.15, 0.2) is 6.29 Å². The van der Waals surface area contributed by atoms with Crippen molar-refractivity contribution in [1.29, 1.82) is 0 Å². The molecule has 0 bridgehead atoms. The molecule has 11 atom stereocenters. The first-order chi connectivity index (χ1) is 15.6. The van der Waals surface area contributed by atoms with Gasteiger partial charge in [0, 0.05) is 17.8 Å². The van der Waals surface area contributed by atoms with E-state index in [4.69, 9.17) is 14.2 Å². The van der Waals surface area contributed by atoms with Crippen LogP contribution in [0.3, 0.4) is 0 Å². The normalized spacial score (nSPS) is 54.7. The number of rotatable bonds is 2. The number of aliphatic hydroxyl groups excluding tert-OH is 2. The lowest BCUT2D eigenvalue weighted by Crippen LogP contribution is -2.59. The van der Waals surface area contributed by atoms with Crippen molar-refractivity contribution in [2.45, 2.75) is 126 Å². The first-order valence-electron chi connectivity index (χ1n) is 13.2. The van der Waals surface area contributed by atoms with Gasteiger partial charge in [0.25, 0.3) is 0 Å². The molecule has 2 N–H and O–H groups in total. The van der Waals surface area contributed by atoms with Crippen molar-refractivity contribution in [2.24, 2.45) is 11.3 Å². The van der Waals surface area contributed by atoms with Gasteiger partial charge in [-0.25, -0.2) is 0 Å². The molecular weight excluding hydrogens is 416 g/mol. The third-order valence-corrected chi connectivity index (χ3v) is 11.4. The molecule has 0 radical (unpaired) electrons. The van der Waals surface area contributed by atoms with Gasteiger partial charge in [-0.3, -0.25) is 0 Å². The standard InChI is InChI=1S/C28H38O5/c1-15(21-14-25(2)27(4,33-25)24(30)31-21)16-7-9-18-17(12-16)8-10-20-19(18)13-23-28(32-23)11-5-6-22(29)26(20,28)3/h7,9,12,15,19-24,29-30H,5-6,8,10-11,13-14H2,1-4H3/t15-,19-,20-,21+,22-,23-,24+,25-,26-,27+,28-/m0/s1. The van der Waals surface area contributed by atoms with Crippen LogP contribution in [0, 0.1) is 11.3 Å². The molecule has 0 unspecified atom stereocenters. The molecule has 0 aromatic heterocycles. The summed E-state index contributed by atoms with van der Waals surface area (Å²) in [6, 6.07) is 7.02. The van der Waals surface area contributed by atoms with Crippen molar-refractivity contribution in [1.82, 2.24) is 0 Å². The van der Waals surface area contributed by atoms with Gasteiger partial charge in [-0.15, -0.1) is 0 Å². The van der Waals surface area contributed by atoms with E-state index in [1.165, 1.54) is 16.7 Å². The molecule has 0 amide bonds. The first kappa shape index (κ1) is 21.3. The van der Waals surface area contributed by atoms with Crippen LogP contribution in [0.15, 0.2) is 18.2 Å². The Balaban J connectivity index is 1.17. The third kappa shape index (κ3) is 2.51. The van der Waals surface area contributed by atoms with Gasteiger partial charge >= 0.3 is 0 Å². The molecule has 3 heterocycles. The minimum absolute atomic E-state index is 0.0542. The number of ether oxygens (including phenoxy) is 3. The Labute approximate surface area is 196 Å². The number of aliphatic hydroxyl groups is 2. The molecule has 5 heteroatoms. The quantitative estimate of drug-likeness (QED) is 0.656. The van der Waals surface area contributed by atoms with Crippen LogP contribution in [0.5, 0.6) is 0 Å². The molecule has 2 saturated carbocycles. The summed E-state index contributed by atoms with van der Waals surface area (Å²) in [4.78, 5) is 0. The van der Waals surface area contributed by atoms with Gasteiger partial charge in [-0.1, -0.05) is 32.0 Å². The largest absolute Gasteiger partial charge is 0.392 e. The van der Waals surface area contributed by atoms with Crippen LogP contribution >= 0.6 is 0 Å². The molecule has 180 valence electrons. The van der Waals surface area contributed by atoms with Crippen LogP contribution in [-0.2, 0) is 20.6 Å². The van der Waals surface area contributed by atoms with Crippen LogP contribution in [0.4, 0.5) is 0 Å². The van der Waals surface area contributed by atoms with E-state index in [2.05, 4.69) is 39.0 Å². The van der Waals surface area contributed by atoms with Crippen molar-refractivity contribution in [3.05, 3.63) is 34.9 Å². The lowest BCUT2D eigenvalue weighted by atomic mass is 9.48. The molecular formula is C28H38O5. The fraction of sp³-hybridized carbons (Fsp3) is 0.786. The number of aryl methyl sites for hydroxylation is 1. The van der Waals surface area contributed by atoms with Gasteiger partial charge in [0.05, 0.1) is 18.3 Å². The molecule has 5 nitrogen and oxygen atoms in total. The average molecular weight is 455 g/mol. The van der Waals surface area contributed by atoms with E-state index in [9.17, 15) is 10.2 Å². The zero-order valence-electron chi connectivity index (χ0n) is 20.3. The molecule has 5 fully saturated rings. The van der Waals surface area contributed by atoms with Crippen LogP contribution in [0.1, 0.15) is 94.7 Å². The molecule has 6 aliphatic rings. The second-order valence-electron chi connectivity index (χ2n) is 12.6. The number of hydrogen-bond donors (Lipinski definition) is 2. The minimum Gasteiger partial charge on any atom is -0.392 e. The maximum atomic E-state index is 11.2. The summed E-state index contributed by atoms with van der Waals surface area (Å²) in [5, 5.41) is 21.7. The summed E-state index contributed by atoms with van der Waals surface area (Å²) in [6.07, 6.45) is 6.35. The van der Waals surface area contributed by atoms with Crippen molar-refractivity contribution in [2.75, 3.05) is 0 Å². The van der Waals surface area contributed by atoms with Gasteiger partial charge in [0.1, 0.15) is 16.8 Å². The average Bonchev–Trinajstić information content (AvgIpc) is 3.64. The van der Waals surface area contributed by atoms with Gasteiger partial charge in [-0.2, -0.15) is 0 Å². The Morgan fingerprint density at radius 3 is 2.73 bits per heavy atom. The molecule has 3 aliphatic heterocycles. The number of fused-ring (bicyclic) bond motifs is 5. The lowest BCUT2D eigenvalue weighted by molar-refractivity contribution is -0.187.